The largest absolute Gasteiger partial charge is 0.368 e. The fraction of sp³-hybridized carbons (Fsp3) is 0.381. The molecule has 2 N–H and O–H groups in total. The van der Waals surface area contributed by atoms with Crippen molar-refractivity contribution in [2.45, 2.75) is 6.54 Å². The van der Waals surface area contributed by atoms with Gasteiger partial charge in [-0.2, -0.15) is 0 Å². The van der Waals surface area contributed by atoms with E-state index in [4.69, 9.17) is 0 Å². The SMILES string of the molecule is CN=C(NCCS(=O)(=O)NCc1ccccc1)N1CCN(c2ccccc2)CC1.I. The minimum absolute atomic E-state index is 0. The number of benzene rings is 2. The van der Waals surface area contributed by atoms with Gasteiger partial charge < -0.3 is 15.1 Å². The summed E-state index contributed by atoms with van der Waals surface area (Å²) in [7, 11) is -1.62. The first kappa shape index (κ1) is 24.4. The second-order valence-electron chi connectivity index (χ2n) is 6.91. The average Bonchev–Trinajstić information content (AvgIpc) is 2.77. The van der Waals surface area contributed by atoms with Crippen molar-refractivity contribution in [2.24, 2.45) is 4.99 Å². The summed E-state index contributed by atoms with van der Waals surface area (Å²) < 4.78 is 27.1. The van der Waals surface area contributed by atoms with Crippen LogP contribution in [-0.4, -0.2) is 64.8 Å². The Morgan fingerprint density at radius 3 is 2.17 bits per heavy atom. The maximum atomic E-state index is 12.2. The number of halogens is 1. The normalized spacial score (nSPS) is 14.9. The molecule has 0 unspecified atom stereocenters. The minimum Gasteiger partial charge on any atom is -0.368 e. The van der Waals surface area contributed by atoms with E-state index in [1.807, 2.05) is 36.4 Å². The quantitative estimate of drug-likeness (QED) is 0.318. The lowest BCUT2D eigenvalue weighted by Crippen LogP contribution is -2.53. The van der Waals surface area contributed by atoms with E-state index < -0.39 is 10.0 Å². The number of sulfonamides is 1. The van der Waals surface area contributed by atoms with Crippen molar-refractivity contribution in [1.29, 1.82) is 0 Å². The van der Waals surface area contributed by atoms with Gasteiger partial charge in [-0.15, -0.1) is 24.0 Å². The number of piperazine rings is 1. The number of guanidine groups is 1. The van der Waals surface area contributed by atoms with Gasteiger partial charge in [0, 0.05) is 52.0 Å². The van der Waals surface area contributed by atoms with Crippen LogP contribution in [-0.2, 0) is 16.6 Å². The molecule has 3 rings (SSSR count). The summed E-state index contributed by atoms with van der Waals surface area (Å²) in [6.45, 7) is 4.11. The van der Waals surface area contributed by atoms with Crippen LogP contribution in [0.3, 0.4) is 0 Å². The number of aliphatic imine (C=N–C) groups is 1. The van der Waals surface area contributed by atoms with E-state index in [2.05, 4.69) is 49.1 Å². The highest BCUT2D eigenvalue weighted by Gasteiger charge is 2.20. The Morgan fingerprint density at radius 1 is 0.967 bits per heavy atom. The van der Waals surface area contributed by atoms with Crippen molar-refractivity contribution in [3.8, 4) is 0 Å². The van der Waals surface area contributed by atoms with Gasteiger partial charge in [-0.1, -0.05) is 48.5 Å². The summed E-state index contributed by atoms with van der Waals surface area (Å²) in [5.74, 6) is 0.749. The van der Waals surface area contributed by atoms with E-state index >= 15 is 0 Å². The summed E-state index contributed by atoms with van der Waals surface area (Å²) in [5, 5.41) is 3.19. The Kier molecular flexibility index (Phi) is 9.86. The first-order chi connectivity index (χ1) is 14.1. The third kappa shape index (κ3) is 7.44. The molecule has 0 bridgehead atoms. The molecule has 7 nitrogen and oxygen atoms in total. The number of anilines is 1. The van der Waals surface area contributed by atoms with E-state index in [-0.39, 0.29) is 29.7 Å². The van der Waals surface area contributed by atoms with Crippen LogP contribution in [0.2, 0.25) is 0 Å². The number of hydrogen-bond donors (Lipinski definition) is 2. The van der Waals surface area contributed by atoms with Gasteiger partial charge in [-0.3, -0.25) is 4.99 Å². The van der Waals surface area contributed by atoms with Gasteiger partial charge in [-0.05, 0) is 17.7 Å². The highest BCUT2D eigenvalue weighted by molar-refractivity contribution is 14.0. The Labute approximate surface area is 196 Å². The fourth-order valence-electron chi connectivity index (χ4n) is 3.31. The smallest absolute Gasteiger partial charge is 0.213 e. The molecule has 1 aliphatic heterocycles. The average molecular weight is 543 g/mol. The highest BCUT2D eigenvalue weighted by atomic mass is 127. The van der Waals surface area contributed by atoms with Gasteiger partial charge in [0.25, 0.3) is 0 Å². The number of rotatable bonds is 7. The van der Waals surface area contributed by atoms with Crippen LogP contribution >= 0.6 is 24.0 Å². The molecule has 0 atom stereocenters. The molecule has 2 aromatic carbocycles. The molecule has 164 valence electrons. The maximum Gasteiger partial charge on any atom is 0.213 e. The molecule has 0 amide bonds. The van der Waals surface area contributed by atoms with Crippen molar-refractivity contribution in [3.05, 3.63) is 66.2 Å². The number of hydrogen-bond acceptors (Lipinski definition) is 4. The summed E-state index contributed by atoms with van der Waals surface area (Å²) >= 11 is 0. The zero-order valence-corrected chi connectivity index (χ0v) is 20.3. The van der Waals surface area contributed by atoms with Crippen LogP contribution < -0.4 is 14.9 Å². The van der Waals surface area contributed by atoms with Crippen LogP contribution in [0.15, 0.2) is 65.7 Å². The Morgan fingerprint density at radius 2 is 1.57 bits per heavy atom. The summed E-state index contributed by atoms with van der Waals surface area (Å²) in [6.07, 6.45) is 0. The lowest BCUT2D eigenvalue weighted by Gasteiger charge is -2.37. The lowest BCUT2D eigenvalue weighted by atomic mass is 10.2. The van der Waals surface area contributed by atoms with Crippen molar-refractivity contribution >= 4 is 45.6 Å². The Balaban J connectivity index is 0.00000320. The molecule has 1 heterocycles. The topological polar surface area (TPSA) is 77.0 Å². The lowest BCUT2D eigenvalue weighted by molar-refractivity contribution is 0.373. The predicted molar refractivity (Wildman–Crippen MR) is 134 cm³/mol. The van der Waals surface area contributed by atoms with Crippen molar-refractivity contribution in [2.75, 3.05) is 50.4 Å². The van der Waals surface area contributed by atoms with Gasteiger partial charge in [0.05, 0.1) is 5.75 Å². The third-order valence-corrected chi connectivity index (χ3v) is 6.23. The van der Waals surface area contributed by atoms with Gasteiger partial charge in [-0.25, -0.2) is 13.1 Å². The molecule has 0 radical (unpaired) electrons. The molecule has 0 aliphatic carbocycles. The van der Waals surface area contributed by atoms with Gasteiger partial charge in [0.2, 0.25) is 10.0 Å². The number of nitrogens with one attached hydrogen (secondary N) is 2. The van der Waals surface area contributed by atoms with E-state index in [1.54, 1.807) is 7.05 Å². The van der Waals surface area contributed by atoms with Crippen molar-refractivity contribution < 1.29 is 8.42 Å². The van der Waals surface area contributed by atoms with Crippen LogP contribution in [0.25, 0.3) is 0 Å². The van der Waals surface area contributed by atoms with Gasteiger partial charge in [0.1, 0.15) is 0 Å². The zero-order chi connectivity index (χ0) is 20.5. The predicted octanol–water partition coefficient (Wildman–Crippen LogP) is 2.12. The van der Waals surface area contributed by atoms with Gasteiger partial charge in [0.15, 0.2) is 5.96 Å². The number of nitrogens with zero attached hydrogens (tertiary/aromatic N) is 3. The molecular weight excluding hydrogens is 513 g/mol. The molecule has 1 saturated heterocycles. The van der Waals surface area contributed by atoms with Crippen molar-refractivity contribution in [1.82, 2.24) is 14.9 Å². The fourth-order valence-corrected chi connectivity index (χ4v) is 4.21. The molecule has 0 saturated carbocycles. The van der Waals surface area contributed by atoms with E-state index in [9.17, 15) is 8.42 Å². The minimum atomic E-state index is -3.35. The summed E-state index contributed by atoms with van der Waals surface area (Å²) in [4.78, 5) is 8.84. The Hall–Kier alpha value is -1.85. The zero-order valence-electron chi connectivity index (χ0n) is 17.2. The second kappa shape index (κ2) is 12.1. The standard InChI is InChI=1S/C21H29N5O2S.HI/c1-22-21(26-15-13-25(14-16-26)20-10-6-3-7-11-20)23-12-17-29(27,28)24-18-19-8-4-2-5-9-19;/h2-11,24H,12-18H2,1H3,(H,22,23);1H. The summed E-state index contributed by atoms with van der Waals surface area (Å²) in [5.41, 5.74) is 2.17. The van der Waals surface area contributed by atoms with E-state index in [0.29, 0.717) is 13.1 Å². The first-order valence-electron chi connectivity index (χ1n) is 9.84. The second-order valence-corrected chi connectivity index (χ2v) is 8.84. The first-order valence-corrected chi connectivity index (χ1v) is 11.5. The molecule has 9 heteroatoms. The number of para-hydroxylation sites is 1. The third-order valence-electron chi connectivity index (χ3n) is 4.91. The van der Waals surface area contributed by atoms with Crippen LogP contribution in [0.1, 0.15) is 5.56 Å². The molecular formula is C21H30IN5O2S. The van der Waals surface area contributed by atoms with E-state index in [1.165, 1.54) is 5.69 Å². The van der Waals surface area contributed by atoms with E-state index in [0.717, 1.165) is 37.7 Å². The molecule has 0 aromatic heterocycles. The van der Waals surface area contributed by atoms with Crippen LogP contribution in [0, 0.1) is 0 Å². The molecule has 1 fully saturated rings. The van der Waals surface area contributed by atoms with Crippen LogP contribution in [0.5, 0.6) is 0 Å². The van der Waals surface area contributed by atoms with Crippen LogP contribution in [0.4, 0.5) is 5.69 Å². The molecule has 30 heavy (non-hydrogen) atoms. The van der Waals surface area contributed by atoms with Crippen molar-refractivity contribution in [3.63, 3.8) is 0 Å². The molecule has 2 aromatic rings. The van der Waals surface area contributed by atoms with Gasteiger partial charge >= 0.3 is 0 Å². The molecule has 1 aliphatic rings. The maximum absolute atomic E-state index is 12.2. The monoisotopic (exact) mass is 543 g/mol. The highest BCUT2D eigenvalue weighted by Crippen LogP contribution is 2.15. The summed E-state index contributed by atoms with van der Waals surface area (Å²) in [6, 6.07) is 19.9. The molecule has 0 spiro atoms. The Bertz CT molecular complexity index is 886.